The highest BCUT2D eigenvalue weighted by molar-refractivity contribution is 5.88. The average molecular weight is 370 g/mol. The van der Waals surface area contributed by atoms with Gasteiger partial charge in [0.2, 0.25) is 5.91 Å². The van der Waals surface area contributed by atoms with Gasteiger partial charge in [-0.1, -0.05) is 37.1 Å². The number of hydrogen-bond acceptors (Lipinski definition) is 3. The topological polar surface area (TPSA) is 70.5 Å². The maximum Gasteiger partial charge on any atom is 0.337 e. The van der Waals surface area contributed by atoms with Crippen molar-refractivity contribution in [2.45, 2.75) is 64.8 Å². The van der Waals surface area contributed by atoms with Crippen molar-refractivity contribution in [3.63, 3.8) is 0 Å². The highest BCUT2D eigenvalue weighted by Crippen LogP contribution is 2.21. The van der Waals surface area contributed by atoms with Crippen molar-refractivity contribution in [3.05, 3.63) is 53.4 Å². The number of pyridine rings is 1. The largest absolute Gasteiger partial charge is 0.478 e. The van der Waals surface area contributed by atoms with Gasteiger partial charge < -0.3 is 10.0 Å². The number of likely N-dealkylation sites (tertiary alicyclic amines) is 1. The summed E-state index contributed by atoms with van der Waals surface area (Å²) in [7, 11) is 0. The number of aromatic nitrogens is 1. The number of aromatic carboxylic acids is 1. The third-order valence-electron chi connectivity index (χ3n) is 5.00. The molecule has 1 N–H and O–H groups in total. The zero-order valence-corrected chi connectivity index (χ0v) is 16.4. The van der Waals surface area contributed by atoms with Crippen LogP contribution in [0.15, 0.2) is 42.3 Å². The second kappa shape index (κ2) is 10.7. The molecule has 0 radical (unpaired) electrons. The SMILES string of the molecule is CCCC/C(C)=C/C=C\[C@H]1CCC(=O)N1CCCc1ccncc1C(=O)O. The summed E-state index contributed by atoms with van der Waals surface area (Å²) < 4.78 is 0. The van der Waals surface area contributed by atoms with Crippen LogP contribution in [0.3, 0.4) is 0 Å². The molecule has 27 heavy (non-hydrogen) atoms. The first-order valence-electron chi connectivity index (χ1n) is 9.82. The summed E-state index contributed by atoms with van der Waals surface area (Å²) in [6.45, 7) is 4.98. The van der Waals surface area contributed by atoms with E-state index >= 15 is 0 Å². The molecule has 1 fully saturated rings. The number of carboxylic acid groups (broad SMARTS) is 1. The van der Waals surface area contributed by atoms with Crippen molar-refractivity contribution in [1.29, 1.82) is 0 Å². The summed E-state index contributed by atoms with van der Waals surface area (Å²) in [6.07, 6.45) is 15.7. The van der Waals surface area contributed by atoms with Crippen molar-refractivity contribution in [2.24, 2.45) is 0 Å². The van der Waals surface area contributed by atoms with Gasteiger partial charge in [0.25, 0.3) is 0 Å². The average Bonchev–Trinajstić information content (AvgIpc) is 3.00. The van der Waals surface area contributed by atoms with Gasteiger partial charge >= 0.3 is 5.97 Å². The van der Waals surface area contributed by atoms with Gasteiger partial charge in [0.05, 0.1) is 11.6 Å². The number of carboxylic acids is 1. The number of carbonyl (C=O) groups is 2. The van der Waals surface area contributed by atoms with E-state index in [1.54, 1.807) is 12.3 Å². The van der Waals surface area contributed by atoms with Crippen molar-refractivity contribution in [2.75, 3.05) is 6.54 Å². The summed E-state index contributed by atoms with van der Waals surface area (Å²) in [4.78, 5) is 29.3. The van der Waals surface area contributed by atoms with Gasteiger partial charge in [-0.05, 0) is 50.7 Å². The first-order chi connectivity index (χ1) is 13.0. The Labute approximate surface area is 161 Å². The van der Waals surface area contributed by atoms with Crippen molar-refractivity contribution in [3.8, 4) is 0 Å². The minimum absolute atomic E-state index is 0.143. The van der Waals surface area contributed by atoms with Crippen LogP contribution in [0, 0.1) is 0 Å². The molecule has 1 atom stereocenters. The lowest BCUT2D eigenvalue weighted by Gasteiger charge is -2.22. The number of unbranched alkanes of at least 4 members (excludes halogenated alkanes) is 1. The van der Waals surface area contributed by atoms with E-state index in [1.807, 2.05) is 4.90 Å². The van der Waals surface area contributed by atoms with E-state index in [4.69, 9.17) is 0 Å². The lowest BCUT2D eigenvalue weighted by Crippen LogP contribution is -2.32. The molecule has 0 spiro atoms. The van der Waals surface area contributed by atoms with Crippen LogP contribution < -0.4 is 0 Å². The van der Waals surface area contributed by atoms with Crippen molar-refractivity contribution in [1.82, 2.24) is 9.88 Å². The Morgan fingerprint density at radius 3 is 2.96 bits per heavy atom. The molecule has 0 aromatic carbocycles. The number of hydrogen-bond donors (Lipinski definition) is 1. The van der Waals surface area contributed by atoms with E-state index in [9.17, 15) is 14.7 Å². The monoisotopic (exact) mass is 370 g/mol. The molecule has 1 aliphatic heterocycles. The maximum absolute atomic E-state index is 12.2. The van der Waals surface area contributed by atoms with Gasteiger partial charge in [-0.15, -0.1) is 0 Å². The number of nitrogens with zero attached hydrogens (tertiary/aromatic N) is 2. The summed E-state index contributed by atoms with van der Waals surface area (Å²) in [5.74, 6) is -0.772. The van der Waals surface area contributed by atoms with Crippen molar-refractivity contribution < 1.29 is 14.7 Å². The molecule has 1 aromatic rings. The minimum atomic E-state index is -0.957. The summed E-state index contributed by atoms with van der Waals surface area (Å²) in [6, 6.07) is 1.89. The zero-order valence-electron chi connectivity index (χ0n) is 16.4. The summed E-state index contributed by atoms with van der Waals surface area (Å²) in [5.41, 5.74) is 2.38. The molecule has 0 aliphatic carbocycles. The van der Waals surface area contributed by atoms with Crippen LogP contribution in [0.1, 0.15) is 68.3 Å². The molecule has 5 heteroatoms. The highest BCUT2D eigenvalue weighted by atomic mass is 16.4. The molecule has 146 valence electrons. The first-order valence-corrected chi connectivity index (χ1v) is 9.82. The molecule has 0 saturated carbocycles. The Balaban J connectivity index is 1.90. The van der Waals surface area contributed by atoms with Crippen LogP contribution in [0.4, 0.5) is 0 Å². The first kappa shape index (κ1) is 20.9. The van der Waals surface area contributed by atoms with Crippen molar-refractivity contribution >= 4 is 11.9 Å². The molecule has 1 aromatic heterocycles. The predicted molar refractivity (Wildman–Crippen MR) is 107 cm³/mol. The molecule has 1 aliphatic rings. The van der Waals surface area contributed by atoms with Crippen LogP contribution >= 0.6 is 0 Å². The summed E-state index contributed by atoms with van der Waals surface area (Å²) >= 11 is 0. The smallest absolute Gasteiger partial charge is 0.337 e. The number of aryl methyl sites for hydroxylation is 1. The number of allylic oxidation sites excluding steroid dienone is 3. The molecular weight excluding hydrogens is 340 g/mol. The fraction of sp³-hybridized carbons (Fsp3) is 0.500. The molecule has 2 rings (SSSR count). The Morgan fingerprint density at radius 2 is 2.22 bits per heavy atom. The normalized spacial score (nSPS) is 17.9. The van der Waals surface area contributed by atoms with E-state index in [1.165, 1.54) is 24.6 Å². The Hall–Kier alpha value is -2.43. The Bertz CT molecular complexity index is 709. The molecule has 1 amide bonds. The molecule has 0 bridgehead atoms. The van der Waals surface area contributed by atoms with Gasteiger partial charge in [0, 0.05) is 25.4 Å². The molecule has 2 heterocycles. The molecule has 1 saturated heterocycles. The van der Waals surface area contributed by atoms with E-state index in [-0.39, 0.29) is 17.5 Å². The van der Waals surface area contributed by atoms with Gasteiger partial charge in [-0.2, -0.15) is 0 Å². The lowest BCUT2D eigenvalue weighted by atomic mass is 10.1. The standard InChI is InChI=1S/C22H30N2O3/c1-3-4-7-17(2)8-5-10-19-11-12-21(25)24(19)15-6-9-18-13-14-23-16-20(18)22(26)27/h5,8,10,13-14,16,19H,3-4,6-7,9,11-12,15H2,1-2H3,(H,26,27)/b10-5-,17-8+/t19-/m0/s1. The van der Waals surface area contributed by atoms with Crippen LogP contribution in [0.5, 0.6) is 0 Å². The molecular formula is C22H30N2O3. The lowest BCUT2D eigenvalue weighted by molar-refractivity contribution is -0.128. The fourth-order valence-corrected chi connectivity index (χ4v) is 3.41. The fourth-order valence-electron chi connectivity index (χ4n) is 3.41. The third kappa shape index (κ3) is 6.35. The molecule has 0 unspecified atom stereocenters. The maximum atomic E-state index is 12.2. The van der Waals surface area contributed by atoms with E-state index in [0.717, 1.165) is 24.8 Å². The predicted octanol–water partition coefficient (Wildman–Crippen LogP) is 4.40. The highest BCUT2D eigenvalue weighted by Gasteiger charge is 2.28. The summed E-state index contributed by atoms with van der Waals surface area (Å²) in [5, 5.41) is 9.24. The second-order valence-electron chi connectivity index (χ2n) is 7.14. The van der Waals surface area contributed by atoms with Crippen LogP contribution in [0.25, 0.3) is 0 Å². The minimum Gasteiger partial charge on any atom is -0.478 e. The van der Waals surface area contributed by atoms with E-state index in [2.05, 4.69) is 37.1 Å². The zero-order chi connectivity index (χ0) is 19.6. The van der Waals surface area contributed by atoms with Gasteiger partial charge in [-0.3, -0.25) is 9.78 Å². The van der Waals surface area contributed by atoms with Crippen LogP contribution in [0.2, 0.25) is 0 Å². The van der Waals surface area contributed by atoms with Crippen LogP contribution in [-0.2, 0) is 11.2 Å². The Kier molecular flexibility index (Phi) is 8.24. The third-order valence-corrected chi connectivity index (χ3v) is 5.00. The van der Waals surface area contributed by atoms with Crippen LogP contribution in [-0.4, -0.2) is 39.5 Å². The van der Waals surface area contributed by atoms with Gasteiger partial charge in [0.1, 0.15) is 0 Å². The number of rotatable bonds is 10. The van der Waals surface area contributed by atoms with E-state index < -0.39 is 5.97 Å². The number of amides is 1. The van der Waals surface area contributed by atoms with Gasteiger partial charge in [0.15, 0.2) is 0 Å². The Morgan fingerprint density at radius 1 is 1.41 bits per heavy atom. The van der Waals surface area contributed by atoms with E-state index in [0.29, 0.717) is 19.4 Å². The molecule has 5 nitrogen and oxygen atoms in total. The van der Waals surface area contributed by atoms with Gasteiger partial charge in [-0.25, -0.2) is 4.79 Å². The second-order valence-corrected chi connectivity index (χ2v) is 7.14. The number of carbonyl (C=O) groups excluding carboxylic acids is 1. The quantitative estimate of drug-likeness (QED) is 0.620.